The summed E-state index contributed by atoms with van der Waals surface area (Å²) in [5, 5.41) is 2.95. The number of hydrogen-bond donors (Lipinski definition) is 2. The summed E-state index contributed by atoms with van der Waals surface area (Å²) in [5.74, 6) is 0.752. The van der Waals surface area contributed by atoms with Crippen molar-refractivity contribution in [2.45, 2.75) is 6.18 Å². The average Bonchev–Trinajstić information content (AvgIpc) is 2.62. The molecule has 6 nitrogen and oxygen atoms in total. The zero-order valence-electron chi connectivity index (χ0n) is 14.1. The molecule has 0 amide bonds. The Balaban J connectivity index is 1.82. The molecule has 0 radical (unpaired) electrons. The normalized spacial score (nSPS) is 15.0. The fourth-order valence-corrected chi connectivity index (χ4v) is 2.72. The predicted octanol–water partition coefficient (Wildman–Crippen LogP) is 3.27. The van der Waals surface area contributed by atoms with E-state index in [1.54, 1.807) is 6.07 Å². The zero-order valence-corrected chi connectivity index (χ0v) is 14.1. The molecule has 0 saturated carbocycles. The minimum Gasteiger partial charge on any atom is -0.494 e. The third kappa shape index (κ3) is 3.93. The molecule has 1 saturated heterocycles. The molecule has 1 aromatic heterocycles. The second-order valence-electron chi connectivity index (χ2n) is 5.76. The molecule has 1 fully saturated rings. The largest absolute Gasteiger partial charge is 0.494 e. The highest BCUT2D eigenvalue weighted by molar-refractivity contribution is 5.70. The quantitative estimate of drug-likeness (QED) is 0.863. The number of hydrogen-bond acceptors (Lipinski definition) is 6. The highest BCUT2D eigenvalue weighted by Crippen LogP contribution is 2.36. The highest BCUT2D eigenvalue weighted by Gasteiger charge is 2.33. The van der Waals surface area contributed by atoms with Crippen molar-refractivity contribution < 1.29 is 22.6 Å². The maximum Gasteiger partial charge on any atom is 0.419 e. The van der Waals surface area contributed by atoms with E-state index in [0.717, 1.165) is 24.8 Å². The minimum atomic E-state index is -4.53. The first-order valence-electron chi connectivity index (χ1n) is 7.99. The van der Waals surface area contributed by atoms with Crippen LogP contribution in [0, 0.1) is 0 Å². The Kier molecular flexibility index (Phi) is 5.08. The van der Waals surface area contributed by atoms with Gasteiger partial charge >= 0.3 is 6.18 Å². The molecule has 9 heteroatoms. The van der Waals surface area contributed by atoms with Gasteiger partial charge in [-0.1, -0.05) is 0 Å². The maximum atomic E-state index is 12.8. The standard InChI is InChI=1S/C17H19F3N4O2/c1-25-15-8-11(24-4-6-26-7-5-24)2-3-14(15)23-16-9-13(21)12(10-22-16)17(18,19)20/h2-3,8-10H,4-7H2,1H3,(H3,21,22,23). The van der Waals surface area contributed by atoms with Crippen LogP contribution in [0.25, 0.3) is 0 Å². The molecular weight excluding hydrogens is 349 g/mol. The Morgan fingerprint density at radius 3 is 2.58 bits per heavy atom. The van der Waals surface area contributed by atoms with E-state index in [2.05, 4.69) is 15.2 Å². The first-order valence-corrected chi connectivity index (χ1v) is 7.99. The maximum absolute atomic E-state index is 12.8. The summed E-state index contributed by atoms with van der Waals surface area (Å²) in [4.78, 5) is 5.97. The van der Waals surface area contributed by atoms with Crippen molar-refractivity contribution in [3.8, 4) is 5.75 Å². The van der Waals surface area contributed by atoms with E-state index < -0.39 is 11.7 Å². The molecule has 0 atom stereocenters. The zero-order chi connectivity index (χ0) is 18.7. The van der Waals surface area contributed by atoms with Gasteiger partial charge in [-0.15, -0.1) is 0 Å². The highest BCUT2D eigenvalue weighted by atomic mass is 19.4. The lowest BCUT2D eigenvalue weighted by Gasteiger charge is -2.29. The summed E-state index contributed by atoms with van der Waals surface area (Å²) in [6, 6.07) is 6.71. The van der Waals surface area contributed by atoms with Gasteiger partial charge in [-0.2, -0.15) is 13.2 Å². The van der Waals surface area contributed by atoms with Crippen LogP contribution in [0.2, 0.25) is 0 Å². The second kappa shape index (κ2) is 7.28. The summed E-state index contributed by atoms with van der Waals surface area (Å²) in [6.07, 6.45) is -3.82. The van der Waals surface area contributed by atoms with Crippen LogP contribution >= 0.6 is 0 Å². The lowest BCUT2D eigenvalue weighted by Crippen LogP contribution is -2.36. The van der Waals surface area contributed by atoms with Gasteiger partial charge in [-0.25, -0.2) is 4.98 Å². The number of rotatable bonds is 4. The van der Waals surface area contributed by atoms with E-state index in [1.807, 2.05) is 12.1 Å². The average molecular weight is 368 g/mol. The number of methoxy groups -OCH3 is 1. The summed E-state index contributed by atoms with van der Waals surface area (Å²) < 4.78 is 49.1. The first-order chi connectivity index (χ1) is 12.4. The van der Waals surface area contributed by atoms with E-state index >= 15 is 0 Å². The molecule has 3 rings (SSSR count). The van der Waals surface area contributed by atoms with Gasteiger partial charge in [0.25, 0.3) is 0 Å². The van der Waals surface area contributed by atoms with E-state index in [1.165, 1.54) is 7.11 Å². The summed E-state index contributed by atoms with van der Waals surface area (Å²) in [5.41, 5.74) is 5.72. The van der Waals surface area contributed by atoms with Crippen LogP contribution in [0.15, 0.2) is 30.5 Å². The van der Waals surface area contributed by atoms with Crippen LogP contribution in [-0.4, -0.2) is 38.4 Å². The molecule has 0 unspecified atom stereocenters. The van der Waals surface area contributed by atoms with Gasteiger partial charge < -0.3 is 25.4 Å². The molecule has 1 aromatic carbocycles. The molecule has 0 aliphatic carbocycles. The Bertz CT molecular complexity index is 777. The molecular formula is C17H19F3N4O2. The van der Waals surface area contributed by atoms with Crippen molar-refractivity contribution in [3.63, 3.8) is 0 Å². The molecule has 26 heavy (non-hydrogen) atoms. The molecule has 0 bridgehead atoms. The number of nitrogens with zero attached hydrogens (tertiary/aromatic N) is 2. The Labute approximate surface area is 148 Å². The summed E-state index contributed by atoms with van der Waals surface area (Å²) in [7, 11) is 1.53. The molecule has 140 valence electrons. The lowest BCUT2D eigenvalue weighted by molar-refractivity contribution is -0.137. The van der Waals surface area contributed by atoms with Gasteiger partial charge in [0.1, 0.15) is 11.6 Å². The van der Waals surface area contributed by atoms with Crippen LogP contribution in [0.5, 0.6) is 5.75 Å². The smallest absolute Gasteiger partial charge is 0.419 e. The lowest BCUT2D eigenvalue weighted by atomic mass is 10.2. The number of nitrogen functional groups attached to an aromatic ring is 1. The van der Waals surface area contributed by atoms with E-state index in [0.29, 0.717) is 30.8 Å². The second-order valence-corrected chi connectivity index (χ2v) is 5.76. The van der Waals surface area contributed by atoms with Gasteiger partial charge in [0.15, 0.2) is 0 Å². The third-order valence-corrected chi connectivity index (χ3v) is 4.07. The number of halogens is 3. The van der Waals surface area contributed by atoms with Crippen molar-refractivity contribution in [1.29, 1.82) is 0 Å². The Hall–Kier alpha value is -2.68. The van der Waals surface area contributed by atoms with Gasteiger partial charge in [0.05, 0.1) is 31.6 Å². The number of benzene rings is 1. The van der Waals surface area contributed by atoms with Gasteiger partial charge in [0, 0.05) is 42.8 Å². The number of pyridine rings is 1. The van der Waals surface area contributed by atoms with Crippen LogP contribution in [0.4, 0.5) is 36.1 Å². The fourth-order valence-electron chi connectivity index (χ4n) is 2.72. The number of aromatic nitrogens is 1. The van der Waals surface area contributed by atoms with Crippen molar-refractivity contribution in [2.75, 3.05) is 49.4 Å². The number of morpholine rings is 1. The van der Waals surface area contributed by atoms with E-state index in [9.17, 15) is 13.2 Å². The van der Waals surface area contributed by atoms with E-state index in [4.69, 9.17) is 15.2 Å². The van der Waals surface area contributed by atoms with Gasteiger partial charge in [-0.3, -0.25) is 0 Å². The molecule has 2 heterocycles. The fraction of sp³-hybridized carbons (Fsp3) is 0.353. The molecule has 0 spiro atoms. The van der Waals surface area contributed by atoms with Crippen LogP contribution in [-0.2, 0) is 10.9 Å². The Morgan fingerprint density at radius 2 is 1.96 bits per heavy atom. The van der Waals surface area contributed by atoms with Gasteiger partial charge in [-0.05, 0) is 12.1 Å². The summed E-state index contributed by atoms with van der Waals surface area (Å²) in [6.45, 7) is 2.90. The van der Waals surface area contributed by atoms with Crippen molar-refractivity contribution in [3.05, 3.63) is 36.0 Å². The topological polar surface area (TPSA) is 72.6 Å². The molecule has 2 aromatic rings. The number of nitrogens with one attached hydrogen (secondary N) is 1. The van der Waals surface area contributed by atoms with Crippen molar-refractivity contribution in [1.82, 2.24) is 4.98 Å². The summed E-state index contributed by atoms with van der Waals surface area (Å²) >= 11 is 0. The van der Waals surface area contributed by atoms with Crippen molar-refractivity contribution >= 4 is 22.9 Å². The molecule has 1 aliphatic heterocycles. The number of anilines is 4. The first kappa shape index (κ1) is 18.1. The van der Waals surface area contributed by atoms with Crippen LogP contribution in [0.3, 0.4) is 0 Å². The third-order valence-electron chi connectivity index (χ3n) is 4.07. The Morgan fingerprint density at radius 1 is 1.23 bits per heavy atom. The number of alkyl halides is 3. The molecule has 3 N–H and O–H groups in total. The van der Waals surface area contributed by atoms with Gasteiger partial charge in [0.2, 0.25) is 0 Å². The van der Waals surface area contributed by atoms with Crippen molar-refractivity contribution in [2.24, 2.45) is 0 Å². The van der Waals surface area contributed by atoms with Crippen LogP contribution in [0.1, 0.15) is 5.56 Å². The monoisotopic (exact) mass is 368 g/mol. The van der Waals surface area contributed by atoms with Crippen LogP contribution < -0.4 is 20.7 Å². The minimum absolute atomic E-state index is 0.202. The number of ether oxygens (including phenoxy) is 2. The number of nitrogens with two attached hydrogens (primary N) is 1. The predicted molar refractivity (Wildman–Crippen MR) is 93.0 cm³/mol. The van der Waals surface area contributed by atoms with E-state index in [-0.39, 0.29) is 11.5 Å². The molecule has 1 aliphatic rings. The SMILES string of the molecule is COc1cc(N2CCOCC2)ccc1Nc1cc(N)c(C(F)(F)F)cn1.